The van der Waals surface area contributed by atoms with Crippen LogP contribution in [-0.2, 0) is 6.54 Å². The number of aromatic nitrogens is 1. The van der Waals surface area contributed by atoms with E-state index in [4.69, 9.17) is 4.74 Å². The van der Waals surface area contributed by atoms with Crippen molar-refractivity contribution in [3.8, 4) is 5.75 Å². The van der Waals surface area contributed by atoms with E-state index < -0.39 is 0 Å². The fourth-order valence-electron chi connectivity index (χ4n) is 2.12. The highest BCUT2D eigenvalue weighted by atomic mass is 79.9. The monoisotopic (exact) mass is 304 g/mol. The Morgan fingerprint density at radius 1 is 1.33 bits per heavy atom. The molecular weight excluding hydrogens is 292 g/mol. The molecule has 1 aliphatic rings. The minimum atomic E-state index is 0.731. The fourth-order valence-corrected chi connectivity index (χ4v) is 2.47. The SMILES string of the molecule is Brc1ccc2c(c1)N(Cc1cccnc1)CCO2. The van der Waals surface area contributed by atoms with Crippen LogP contribution >= 0.6 is 15.9 Å². The van der Waals surface area contributed by atoms with Crippen LogP contribution in [0.3, 0.4) is 0 Å². The van der Waals surface area contributed by atoms with Crippen LogP contribution in [0, 0.1) is 0 Å². The minimum absolute atomic E-state index is 0.731. The zero-order valence-electron chi connectivity index (χ0n) is 9.84. The van der Waals surface area contributed by atoms with Crippen LogP contribution in [0.2, 0.25) is 0 Å². The highest BCUT2D eigenvalue weighted by Crippen LogP contribution is 2.34. The topological polar surface area (TPSA) is 25.4 Å². The second-order valence-corrected chi connectivity index (χ2v) is 5.16. The van der Waals surface area contributed by atoms with E-state index in [-0.39, 0.29) is 0 Å². The van der Waals surface area contributed by atoms with Crippen LogP contribution in [0.4, 0.5) is 5.69 Å². The number of fused-ring (bicyclic) bond motifs is 1. The molecule has 18 heavy (non-hydrogen) atoms. The molecule has 1 aromatic carbocycles. The molecule has 2 aromatic rings. The van der Waals surface area contributed by atoms with Gasteiger partial charge in [0.1, 0.15) is 12.4 Å². The van der Waals surface area contributed by atoms with Gasteiger partial charge in [-0.25, -0.2) is 0 Å². The van der Waals surface area contributed by atoms with Crippen molar-refractivity contribution in [1.82, 2.24) is 4.98 Å². The number of pyridine rings is 1. The van der Waals surface area contributed by atoms with Crippen LogP contribution in [0.5, 0.6) is 5.75 Å². The van der Waals surface area contributed by atoms with E-state index in [0.29, 0.717) is 0 Å². The number of benzene rings is 1. The molecule has 3 rings (SSSR count). The Kier molecular flexibility index (Phi) is 3.19. The predicted octanol–water partition coefficient (Wildman–Crippen LogP) is 3.24. The molecule has 0 amide bonds. The maximum atomic E-state index is 5.67. The number of hydrogen-bond donors (Lipinski definition) is 0. The lowest BCUT2D eigenvalue weighted by molar-refractivity contribution is 0.307. The van der Waals surface area contributed by atoms with E-state index in [2.05, 4.69) is 37.9 Å². The molecule has 2 heterocycles. The van der Waals surface area contributed by atoms with Crippen LogP contribution in [0.25, 0.3) is 0 Å². The molecular formula is C14H13BrN2O. The summed E-state index contributed by atoms with van der Waals surface area (Å²) in [5, 5.41) is 0. The van der Waals surface area contributed by atoms with E-state index in [9.17, 15) is 0 Å². The Bertz CT molecular complexity index is 545. The molecule has 4 heteroatoms. The summed E-state index contributed by atoms with van der Waals surface area (Å²) in [6.07, 6.45) is 3.71. The van der Waals surface area contributed by atoms with E-state index >= 15 is 0 Å². The third-order valence-electron chi connectivity index (χ3n) is 2.98. The molecule has 0 saturated heterocycles. The highest BCUT2D eigenvalue weighted by Gasteiger charge is 2.18. The maximum Gasteiger partial charge on any atom is 0.142 e. The summed E-state index contributed by atoms with van der Waals surface area (Å²) in [7, 11) is 0. The molecule has 3 nitrogen and oxygen atoms in total. The van der Waals surface area contributed by atoms with Crippen molar-refractivity contribution < 1.29 is 4.74 Å². The van der Waals surface area contributed by atoms with E-state index in [1.807, 2.05) is 24.4 Å². The normalized spacial score (nSPS) is 13.9. The number of rotatable bonds is 2. The summed E-state index contributed by atoms with van der Waals surface area (Å²) in [6, 6.07) is 10.2. The molecule has 0 N–H and O–H groups in total. The van der Waals surface area contributed by atoms with Crippen LogP contribution < -0.4 is 9.64 Å². The summed E-state index contributed by atoms with van der Waals surface area (Å²) < 4.78 is 6.74. The molecule has 1 aromatic heterocycles. The average Bonchev–Trinajstić information content (AvgIpc) is 2.41. The number of ether oxygens (including phenoxy) is 1. The second-order valence-electron chi connectivity index (χ2n) is 4.24. The largest absolute Gasteiger partial charge is 0.490 e. The van der Waals surface area contributed by atoms with Crippen molar-refractivity contribution in [2.45, 2.75) is 6.54 Å². The summed E-state index contributed by atoms with van der Waals surface area (Å²) in [6.45, 7) is 2.49. The van der Waals surface area contributed by atoms with Crippen molar-refractivity contribution in [3.05, 3.63) is 52.8 Å². The summed E-state index contributed by atoms with van der Waals surface area (Å²) in [5.74, 6) is 0.952. The van der Waals surface area contributed by atoms with Gasteiger partial charge in [0.2, 0.25) is 0 Å². The van der Waals surface area contributed by atoms with Crippen LogP contribution in [0.15, 0.2) is 47.2 Å². The van der Waals surface area contributed by atoms with Crippen LogP contribution in [-0.4, -0.2) is 18.1 Å². The maximum absolute atomic E-state index is 5.67. The third kappa shape index (κ3) is 2.34. The standard InChI is InChI=1S/C14H13BrN2O/c15-12-3-4-14-13(8-12)17(6-7-18-14)10-11-2-1-5-16-9-11/h1-5,8-9H,6-7,10H2. The number of hydrogen-bond acceptors (Lipinski definition) is 3. The van der Waals surface area contributed by atoms with Gasteiger partial charge < -0.3 is 9.64 Å². The first kappa shape index (κ1) is 11.5. The Hall–Kier alpha value is -1.55. The summed E-state index contributed by atoms with van der Waals surface area (Å²) in [5.41, 5.74) is 2.35. The molecule has 0 unspecified atom stereocenters. The van der Waals surface area contributed by atoms with Gasteiger partial charge in [-0.3, -0.25) is 4.98 Å². The predicted molar refractivity (Wildman–Crippen MR) is 74.9 cm³/mol. The van der Waals surface area contributed by atoms with Crippen molar-refractivity contribution in [2.75, 3.05) is 18.1 Å². The van der Waals surface area contributed by atoms with Gasteiger partial charge in [0.15, 0.2) is 0 Å². The molecule has 0 spiro atoms. The molecule has 0 atom stereocenters. The van der Waals surface area contributed by atoms with Crippen molar-refractivity contribution in [3.63, 3.8) is 0 Å². The Labute approximate surface area is 115 Å². The molecule has 0 saturated carbocycles. The van der Waals surface area contributed by atoms with Gasteiger partial charge in [0.05, 0.1) is 12.2 Å². The lowest BCUT2D eigenvalue weighted by Crippen LogP contribution is -2.32. The van der Waals surface area contributed by atoms with Crippen molar-refractivity contribution in [1.29, 1.82) is 0 Å². The Balaban J connectivity index is 1.89. The zero-order valence-corrected chi connectivity index (χ0v) is 11.4. The second kappa shape index (κ2) is 4.98. The Morgan fingerprint density at radius 3 is 3.11 bits per heavy atom. The summed E-state index contributed by atoms with van der Waals surface area (Å²) in [4.78, 5) is 6.48. The van der Waals surface area contributed by atoms with Crippen LogP contribution in [0.1, 0.15) is 5.56 Å². The van der Waals surface area contributed by atoms with Gasteiger partial charge in [-0.2, -0.15) is 0 Å². The number of anilines is 1. The average molecular weight is 305 g/mol. The van der Waals surface area contributed by atoms with Gasteiger partial charge in [0.25, 0.3) is 0 Å². The first-order valence-electron chi connectivity index (χ1n) is 5.89. The van der Waals surface area contributed by atoms with E-state index in [0.717, 1.165) is 35.6 Å². The molecule has 1 aliphatic heterocycles. The molecule has 92 valence electrons. The first-order valence-corrected chi connectivity index (χ1v) is 6.68. The molecule has 0 aliphatic carbocycles. The van der Waals surface area contributed by atoms with Gasteiger partial charge in [-0.05, 0) is 29.8 Å². The van der Waals surface area contributed by atoms with Gasteiger partial charge >= 0.3 is 0 Å². The van der Waals surface area contributed by atoms with E-state index in [1.165, 1.54) is 5.56 Å². The van der Waals surface area contributed by atoms with Crippen molar-refractivity contribution >= 4 is 21.6 Å². The Morgan fingerprint density at radius 2 is 2.28 bits per heavy atom. The smallest absolute Gasteiger partial charge is 0.142 e. The molecule has 0 radical (unpaired) electrons. The lowest BCUT2D eigenvalue weighted by Gasteiger charge is -2.31. The fraction of sp³-hybridized carbons (Fsp3) is 0.214. The highest BCUT2D eigenvalue weighted by molar-refractivity contribution is 9.10. The first-order chi connectivity index (χ1) is 8.83. The van der Waals surface area contributed by atoms with Crippen molar-refractivity contribution in [2.24, 2.45) is 0 Å². The minimum Gasteiger partial charge on any atom is -0.490 e. The summed E-state index contributed by atoms with van der Waals surface area (Å²) >= 11 is 3.51. The van der Waals surface area contributed by atoms with E-state index in [1.54, 1.807) is 6.20 Å². The third-order valence-corrected chi connectivity index (χ3v) is 3.47. The molecule has 0 bridgehead atoms. The quantitative estimate of drug-likeness (QED) is 0.851. The van der Waals surface area contributed by atoms with Gasteiger partial charge in [-0.1, -0.05) is 22.0 Å². The van der Waals surface area contributed by atoms with Gasteiger partial charge in [0, 0.05) is 23.4 Å². The van der Waals surface area contributed by atoms with Gasteiger partial charge in [-0.15, -0.1) is 0 Å². The lowest BCUT2D eigenvalue weighted by atomic mass is 10.2. The number of halogens is 1. The molecule has 0 fully saturated rings. The number of nitrogens with zero attached hydrogens (tertiary/aromatic N) is 2. The zero-order chi connectivity index (χ0) is 12.4.